The highest BCUT2D eigenvalue weighted by Crippen LogP contribution is 2.37. The summed E-state index contributed by atoms with van der Waals surface area (Å²) >= 11 is 6.27. The van der Waals surface area contributed by atoms with Crippen molar-refractivity contribution < 1.29 is 18.3 Å². The smallest absolute Gasteiger partial charge is 0.191 e. The summed E-state index contributed by atoms with van der Waals surface area (Å²) in [5, 5.41) is 0.548. The minimum absolute atomic E-state index is 0.115. The third kappa shape index (κ3) is 6.74. The Bertz CT molecular complexity index is 1240. The molecule has 4 rings (SSSR count). The molecule has 0 amide bonds. The van der Waals surface area contributed by atoms with Crippen molar-refractivity contribution in [3.63, 3.8) is 0 Å². The fraction of sp³-hybridized carbons (Fsp3) is 0.571. The van der Waals surface area contributed by atoms with Crippen LogP contribution in [0.2, 0.25) is 23.3 Å². The van der Waals surface area contributed by atoms with Gasteiger partial charge in [0, 0.05) is 43.9 Å². The van der Waals surface area contributed by atoms with Crippen molar-refractivity contribution in [2.75, 3.05) is 46.1 Å². The van der Waals surface area contributed by atoms with Crippen molar-refractivity contribution in [2.24, 2.45) is 0 Å². The molecule has 0 aliphatic carbocycles. The lowest BCUT2D eigenvalue weighted by atomic mass is 10.1. The first-order valence-electron chi connectivity index (χ1n) is 13.4. The zero-order chi connectivity index (χ0) is 27.5. The Morgan fingerprint density at radius 3 is 2.63 bits per heavy atom. The summed E-state index contributed by atoms with van der Waals surface area (Å²) in [6.45, 7) is 18.4. The average molecular weight is 563 g/mol. The molecule has 3 aromatic rings. The lowest BCUT2D eigenvalue weighted by Crippen LogP contribution is -2.41. The van der Waals surface area contributed by atoms with E-state index in [2.05, 4.69) is 50.7 Å². The number of hydrogen-bond donors (Lipinski definition) is 0. The first-order chi connectivity index (χ1) is 18.0. The maximum Gasteiger partial charge on any atom is 0.191 e. The number of rotatable bonds is 10. The van der Waals surface area contributed by atoms with Gasteiger partial charge in [-0.2, -0.15) is 0 Å². The highest BCUT2D eigenvalue weighted by atomic mass is 35.5. The van der Waals surface area contributed by atoms with Crippen LogP contribution in [0.5, 0.6) is 5.75 Å². The van der Waals surface area contributed by atoms with Crippen LogP contribution in [0, 0.1) is 5.82 Å². The van der Waals surface area contributed by atoms with Gasteiger partial charge < -0.3 is 13.9 Å². The van der Waals surface area contributed by atoms with Crippen LogP contribution >= 0.6 is 11.6 Å². The molecule has 208 valence electrons. The molecule has 1 aromatic carbocycles. The Morgan fingerprint density at radius 1 is 1.18 bits per heavy atom. The second-order valence-electron chi connectivity index (χ2n) is 11.5. The Hall–Kier alpha value is -2.04. The summed E-state index contributed by atoms with van der Waals surface area (Å²) in [5.41, 5.74) is 2.30. The van der Waals surface area contributed by atoms with Gasteiger partial charge in [0.25, 0.3) is 0 Å². The monoisotopic (exact) mass is 562 g/mol. The van der Waals surface area contributed by atoms with Gasteiger partial charge in [0.15, 0.2) is 19.9 Å². The fourth-order valence-electron chi connectivity index (χ4n) is 4.25. The van der Waals surface area contributed by atoms with Crippen molar-refractivity contribution >= 4 is 25.4 Å². The van der Waals surface area contributed by atoms with Crippen molar-refractivity contribution in [3.05, 3.63) is 47.4 Å². The second kappa shape index (κ2) is 12.0. The van der Waals surface area contributed by atoms with E-state index in [0.717, 1.165) is 61.9 Å². The molecule has 10 heteroatoms. The zero-order valence-corrected chi connectivity index (χ0v) is 25.1. The molecule has 1 saturated heterocycles. The predicted molar refractivity (Wildman–Crippen MR) is 152 cm³/mol. The van der Waals surface area contributed by atoms with Crippen molar-refractivity contribution in [3.8, 4) is 17.0 Å². The molecule has 0 saturated carbocycles. The lowest BCUT2D eigenvalue weighted by Gasteiger charge is -2.36. The summed E-state index contributed by atoms with van der Waals surface area (Å²) in [4.78, 5) is 11.6. The minimum Gasteiger partial charge on any atom is -0.489 e. The maximum atomic E-state index is 14.6. The molecule has 38 heavy (non-hydrogen) atoms. The zero-order valence-electron chi connectivity index (χ0n) is 23.4. The van der Waals surface area contributed by atoms with E-state index in [4.69, 9.17) is 30.5 Å². The van der Waals surface area contributed by atoms with Crippen LogP contribution in [0.3, 0.4) is 0 Å². The van der Waals surface area contributed by atoms with Crippen LogP contribution < -0.4 is 4.74 Å². The van der Waals surface area contributed by atoms with E-state index >= 15 is 0 Å². The third-order valence-corrected chi connectivity index (χ3v) is 12.5. The van der Waals surface area contributed by atoms with Crippen LogP contribution in [0.25, 0.3) is 16.8 Å². The van der Waals surface area contributed by atoms with Gasteiger partial charge in [-0.15, -0.1) is 0 Å². The van der Waals surface area contributed by atoms with Crippen LogP contribution in [0.15, 0.2) is 30.6 Å². The number of aromatic nitrogens is 3. The molecule has 7 nitrogen and oxygen atoms in total. The third-order valence-electron chi connectivity index (χ3n) is 7.76. The Morgan fingerprint density at radius 2 is 1.92 bits per heavy atom. The fourth-order valence-corrected chi connectivity index (χ4v) is 5.46. The minimum atomic E-state index is -1.83. The molecule has 3 heterocycles. The number of fused-ring (bicyclic) bond motifs is 1. The molecule has 0 unspecified atom stereocenters. The van der Waals surface area contributed by atoms with Gasteiger partial charge in [0.2, 0.25) is 0 Å². The largest absolute Gasteiger partial charge is 0.489 e. The van der Waals surface area contributed by atoms with Crippen molar-refractivity contribution in [2.45, 2.75) is 58.2 Å². The van der Waals surface area contributed by atoms with Gasteiger partial charge in [-0.05, 0) is 42.8 Å². The summed E-state index contributed by atoms with van der Waals surface area (Å²) in [7, 11) is -1.83. The van der Waals surface area contributed by atoms with Gasteiger partial charge >= 0.3 is 0 Å². The van der Waals surface area contributed by atoms with E-state index in [-0.39, 0.29) is 16.7 Å². The molecule has 2 aromatic heterocycles. The first kappa shape index (κ1) is 29.0. The van der Waals surface area contributed by atoms with E-state index in [0.29, 0.717) is 18.4 Å². The Labute approximate surface area is 231 Å². The highest BCUT2D eigenvalue weighted by Gasteiger charge is 2.37. The molecule has 0 spiro atoms. The number of hydrogen-bond acceptors (Lipinski definition) is 6. The number of imidazole rings is 1. The van der Waals surface area contributed by atoms with Gasteiger partial charge in [-0.3, -0.25) is 9.30 Å². The van der Waals surface area contributed by atoms with Gasteiger partial charge in [-0.25, -0.2) is 14.4 Å². The van der Waals surface area contributed by atoms with Crippen LogP contribution in [0.4, 0.5) is 4.39 Å². The quantitative estimate of drug-likeness (QED) is 0.266. The molecule has 0 radical (unpaired) electrons. The number of morpholine rings is 1. The molecule has 1 atom stereocenters. The van der Waals surface area contributed by atoms with E-state index in [1.165, 1.54) is 6.07 Å². The molecule has 1 aliphatic heterocycles. The molecule has 1 fully saturated rings. The van der Waals surface area contributed by atoms with Crippen molar-refractivity contribution in [1.29, 1.82) is 0 Å². The summed E-state index contributed by atoms with van der Waals surface area (Å²) in [6.07, 6.45) is 4.33. The van der Waals surface area contributed by atoms with Crippen LogP contribution in [0.1, 0.15) is 45.9 Å². The van der Waals surface area contributed by atoms with Gasteiger partial charge in [-0.1, -0.05) is 39.3 Å². The number of halogens is 2. The lowest BCUT2D eigenvalue weighted by molar-refractivity contribution is 0.0320. The van der Waals surface area contributed by atoms with Gasteiger partial charge in [0.05, 0.1) is 30.6 Å². The summed E-state index contributed by atoms with van der Waals surface area (Å²) in [5.74, 6) is 0.814. The topological polar surface area (TPSA) is 61.1 Å². The summed E-state index contributed by atoms with van der Waals surface area (Å²) < 4.78 is 34.3. The maximum absolute atomic E-state index is 14.6. The Kier molecular flexibility index (Phi) is 9.14. The number of ether oxygens (including phenoxy) is 2. The second-order valence-corrected chi connectivity index (χ2v) is 16.7. The molecular weight excluding hydrogens is 523 g/mol. The Balaban J connectivity index is 1.54. The normalized spacial score (nSPS) is 16.2. The first-order valence-corrected chi connectivity index (χ1v) is 16.6. The molecule has 0 N–H and O–H groups in total. The van der Waals surface area contributed by atoms with Crippen LogP contribution in [-0.4, -0.2) is 73.6 Å². The van der Waals surface area contributed by atoms with E-state index in [1.807, 2.05) is 4.40 Å². The van der Waals surface area contributed by atoms with Gasteiger partial charge in [0.1, 0.15) is 17.6 Å². The number of nitrogens with zero attached hydrogens (tertiary/aromatic N) is 4. The average Bonchev–Trinajstić information content (AvgIpc) is 3.23. The van der Waals surface area contributed by atoms with E-state index in [1.54, 1.807) is 24.5 Å². The summed E-state index contributed by atoms with van der Waals surface area (Å²) in [6, 6.07) is 4.89. The standard InChI is InChI=1S/C28H40ClFN4O3Si/c1-20(9-13-37-38(5,6)28(2,3)4)27-32-26(23-18-31-25(29)19-34(23)27)21-7-8-22(30)24(17-21)36-16-12-33-10-14-35-15-11-33/h7-8,17-20H,9-16H2,1-6H3/t20-/m0/s1. The predicted octanol–water partition coefficient (Wildman–Crippen LogP) is 6.42. The van der Waals surface area contributed by atoms with Crippen LogP contribution in [-0.2, 0) is 9.16 Å². The SMILES string of the molecule is C[C@@H](CCO[Si](C)(C)C(C)(C)C)c1nc(-c2ccc(F)c(OCCN3CCOCC3)c2)c2cnc(Cl)cn12. The molecular formula is C28H40ClFN4O3Si. The molecule has 1 aliphatic rings. The number of benzene rings is 1. The highest BCUT2D eigenvalue weighted by molar-refractivity contribution is 6.74. The van der Waals surface area contributed by atoms with E-state index < -0.39 is 14.1 Å². The molecule has 0 bridgehead atoms. The van der Waals surface area contributed by atoms with Crippen molar-refractivity contribution in [1.82, 2.24) is 19.3 Å². The van der Waals surface area contributed by atoms with E-state index in [9.17, 15) is 4.39 Å².